The van der Waals surface area contributed by atoms with Gasteiger partial charge in [-0.05, 0) is 46.9 Å². The molecule has 17 heavy (non-hydrogen) atoms. The molecule has 0 aliphatic heterocycles. The predicted octanol–water partition coefficient (Wildman–Crippen LogP) is 2.73. The third-order valence-corrected chi connectivity index (χ3v) is 2.51. The van der Waals surface area contributed by atoms with Gasteiger partial charge in [0.2, 0.25) is 0 Å². The first-order valence-corrected chi connectivity index (χ1v) is 5.92. The lowest BCUT2D eigenvalue weighted by atomic mass is 10.4. The first-order chi connectivity index (χ1) is 8.24. The molecule has 2 aromatic rings. The second-order valence-electron chi connectivity index (χ2n) is 3.16. The lowest BCUT2D eigenvalue weighted by Crippen LogP contribution is -2.20. The van der Waals surface area contributed by atoms with Crippen molar-refractivity contribution in [3.63, 3.8) is 0 Å². The van der Waals surface area contributed by atoms with E-state index in [-0.39, 0.29) is 6.03 Å². The zero-order chi connectivity index (χ0) is 12.1. The van der Waals surface area contributed by atoms with Crippen molar-refractivity contribution in [2.24, 2.45) is 0 Å². The van der Waals surface area contributed by atoms with Gasteiger partial charge in [-0.2, -0.15) is 0 Å². The van der Waals surface area contributed by atoms with Crippen LogP contribution in [0.2, 0.25) is 0 Å². The number of amides is 2. The Bertz CT molecular complexity index is 501. The van der Waals surface area contributed by atoms with Crippen molar-refractivity contribution in [1.82, 2.24) is 9.97 Å². The molecule has 0 fully saturated rings. The van der Waals surface area contributed by atoms with Gasteiger partial charge < -0.3 is 0 Å². The van der Waals surface area contributed by atoms with Crippen molar-refractivity contribution in [1.29, 1.82) is 0 Å². The number of nitrogens with zero attached hydrogens (tertiary/aromatic N) is 2. The van der Waals surface area contributed by atoms with E-state index in [4.69, 9.17) is 0 Å². The number of carbonyl (C=O) groups is 1. The van der Waals surface area contributed by atoms with Gasteiger partial charge in [-0.15, -0.1) is 0 Å². The van der Waals surface area contributed by atoms with Crippen LogP contribution in [0.15, 0.2) is 42.7 Å². The number of pyridine rings is 2. The summed E-state index contributed by atoms with van der Waals surface area (Å²) >= 11 is 2.15. The number of nitrogens with one attached hydrogen (secondary N) is 2. The van der Waals surface area contributed by atoms with Crippen LogP contribution in [0.1, 0.15) is 0 Å². The molecule has 2 aromatic heterocycles. The van der Waals surface area contributed by atoms with Crippen LogP contribution in [0.3, 0.4) is 0 Å². The van der Waals surface area contributed by atoms with Crippen LogP contribution in [0.25, 0.3) is 0 Å². The van der Waals surface area contributed by atoms with Crippen molar-refractivity contribution >= 4 is 40.3 Å². The molecule has 0 aliphatic rings. The minimum absolute atomic E-state index is 0.364. The van der Waals surface area contributed by atoms with E-state index in [0.717, 1.165) is 3.57 Å². The Morgan fingerprint density at radius 2 is 1.82 bits per heavy atom. The number of aromatic nitrogens is 2. The van der Waals surface area contributed by atoms with Gasteiger partial charge in [0, 0.05) is 16.0 Å². The summed E-state index contributed by atoms with van der Waals surface area (Å²) in [6.07, 6.45) is 3.29. The third kappa shape index (κ3) is 3.66. The van der Waals surface area contributed by atoms with Crippen LogP contribution in [0.4, 0.5) is 16.4 Å². The number of anilines is 2. The predicted molar refractivity (Wildman–Crippen MR) is 73.8 cm³/mol. The van der Waals surface area contributed by atoms with E-state index in [9.17, 15) is 4.79 Å². The largest absolute Gasteiger partial charge is 0.326 e. The maximum absolute atomic E-state index is 11.6. The molecule has 0 aliphatic carbocycles. The van der Waals surface area contributed by atoms with E-state index in [1.807, 2.05) is 6.07 Å². The lowest BCUT2D eigenvalue weighted by Gasteiger charge is -2.05. The molecule has 0 radical (unpaired) electrons. The summed E-state index contributed by atoms with van der Waals surface area (Å²) < 4.78 is 1.01. The number of hydrogen-bond acceptors (Lipinski definition) is 3. The van der Waals surface area contributed by atoms with E-state index in [2.05, 4.69) is 43.2 Å². The summed E-state index contributed by atoms with van der Waals surface area (Å²) in [5.41, 5.74) is 0. The Kier molecular flexibility index (Phi) is 3.86. The number of hydrogen-bond donors (Lipinski definition) is 2. The molecule has 2 heterocycles. The Balaban J connectivity index is 1.96. The molecule has 0 bridgehead atoms. The molecule has 0 unspecified atom stereocenters. The van der Waals surface area contributed by atoms with Crippen LogP contribution in [0, 0.1) is 3.57 Å². The first-order valence-electron chi connectivity index (χ1n) is 4.84. The Labute approximate surface area is 112 Å². The van der Waals surface area contributed by atoms with Gasteiger partial charge in [-0.1, -0.05) is 6.07 Å². The average molecular weight is 340 g/mol. The molecule has 0 atom stereocenters. The maximum atomic E-state index is 11.6. The molecule has 86 valence electrons. The van der Waals surface area contributed by atoms with Crippen molar-refractivity contribution in [3.8, 4) is 0 Å². The van der Waals surface area contributed by atoms with Crippen molar-refractivity contribution < 1.29 is 4.79 Å². The normalized spacial score (nSPS) is 9.71. The van der Waals surface area contributed by atoms with E-state index in [1.165, 1.54) is 0 Å². The summed E-state index contributed by atoms with van der Waals surface area (Å²) in [5.74, 6) is 0.995. The monoisotopic (exact) mass is 340 g/mol. The van der Waals surface area contributed by atoms with E-state index < -0.39 is 0 Å². The fourth-order valence-electron chi connectivity index (χ4n) is 1.15. The highest BCUT2D eigenvalue weighted by atomic mass is 127. The second kappa shape index (κ2) is 5.58. The molecule has 2 N–H and O–H groups in total. The molecule has 0 aromatic carbocycles. The van der Waals surface area contributed by atoms with Gasteiger partial charge in [0.25, 0.3) is 0 Å². The van der Waals surface area contributed by atoms with Crippen LogP contribution in [0.5, 0.6) is 0 Å². The summed E-state index contributed by atoms with van der Waals surface area (Å²) in [6, 6.07) is 8.53. The van der Waals surface area contributed by atoms with Gasteiger partial charge in [-0.25, -0.2) is 14.8 Å². The number of halogens is 1. The van der Waals surface area contributed by atoms with Crippen LogP contribution < -0.4 is 10.6 Å². The fourth-order valence-corrected chi connectivity index (χ4v) is 1.47. The second-order valence-corrected chi connectivity index (χ2v) is 4.40. The van der Waals surface area contributed by atoms with Crippen molar-refractivity contribution in [2.45, 2.75) is 0 Å². The van der Waals surface area contributed by atoms with Crippen molar-refractivity contribution in [2.75, 3.05) is 10.6 Å². The molecule has 0 spiro atoms. The Hall–Kier alpha value is -1.70. The van der Waals surface area contributed by atoms with Gasteiger partial charge in [-0.3, -0.25) is 10.6 Å². The molecule has 0 saturated carbocycles. The highest BCUT2D eigenvalue weighted by Crippen LogP contribution is 2.07. The maximum Gasteiger partial charge on any atom is 0.326 e. The quantitative estimate of drug-likeness (QED) is 0.826. The first kappa shape index (κ1) is 11.8. The molecule has 5 nitrogen and oxygen atoms in total. The SMILES string of the molecule is O=C(Nc1ccccn1)Nc1ccc(I)cn1. The minimum atomic E-state index is -0.364. The highest BCUT2D eigenvalue weighted by Gasteiger charge is 2.03. The van der Waals surface area contributed by atoms with Crippen molar-refractivity contribution in [3.05, 3.63) is 46.3 Å². The zero-order valence-electron chi connectivity index (χ0n) is 8.72. The minimum Gasteiger partial charge on any atom is -0.292 e. The molecule has 0 saturated heterocycles. The summed E-state index contributed by atoms with van der Waals surface area (Å²) in [4.78, 5) is 19.6. The third-order valence-electron chi connectivity index (χ3n) is 1.88. The van der Waals surface area contributed by atoms with Crippen LogP contribution in [-0.2, 0) is 0 Å². The van der Waals surface area contributed by atoms with E-state index in [1.54, 1.807) is 36.7 Å². The van der Waals surface area contributed by atoms with Gasteiger partial charge in [0.05, 0.1) is 0 Å². The number of rotatable bonds is 2. The summed E-state index contributed by atoms with van der Waals surface area (Å²) in [7, 11) is 0. The molecule has 6 heteroatoms. The summed E-state index contributed by atoms with van der Waals surface area (Å²) in [6.45, 7) is 0. The molecular formula is C11H9IN4O. The lowest BCUT2D eigenvalue weighted by molar-refractivity contribution is 0.262. The molecular weight excluding hydrogens is 331 g/mol. The molecule has 2 rings (SSSR count). The Morgan fingerprint density at radius 3 is 2.41 bits per heavy atom. The van der Waals surface area contributed by atoms with Gasteiger partial charge >= 0.3 is 6.03 Å². The summed E-state index contributed by atoms with van der Waals surface area (Å²) in [5, 5.41) is 5.22. The zero-order valence-corrected chi connectivity index (χ0v) is 10.9. The Morgan fingerprint density at radius 1 is 1.06 bits per heavy atom. The average Bonchev–Trinajstić information content (AvgIpc) is 2.33. The molecule has 2 amide bonds. The number of urea groups is 1. The van der Waals surface area contributed by atoms with E-state index >= 15 is 0 Å². The van der Waals surface area contributed by atoms with Crippen LogP contribution >= 0.6 is 22.6 Å². The fraction of sp³-hybridized carbons (Fsp3) is 0. The van der Waals surface area contributed by atoms with Gasteiger partial charge in [0.1, 0.15) is 11.6 Å². The number of carbonyl (C=O) groups excluding carboxylic acids is 1. The van der Waals surface area contributed by atoms with Gasteiger partial charge in [0.15, 0.2) is 0 Å². The van der Waals surface area contributed by atoms with Crippen LogP contribution in [-0.4, -0.2) is 16.0 Å². The smallest absolute Gasteiger partial charge is 0.292 e. The topological polar surface area (TPSA) is 66.9 Å². The highest BCUT2D eigenvalue weighted by molar-refractivity contribution is 14.1. The standard InChI is InChI=1S/C11H9IN4O/c12-8-4-5-10(14-7-8)16-11(17)15-9-3-1-2-6-13-9/h1-7H,(H2,13,14,15,16,17). The van der Waals surface area contributed by atoms with E-state index in [0.29, 0.717) is 11.6 Å².